The second-order valence-electron chi connectivity index (χ2n) is 9.45. The maximum atomic E-state index is 12.6. The first-order chi connectivity index (χ1) is 20.5. The van der Waals surface area contributed by atoms with Gasteiger partial charge >= 0.3 is 5.97 Å². The fourth-order valence-electron chi connectivity index (χ4n) is 4.32. The number of hydrogen-bond acceptors (Lipinski definition) is 5. The van der Waals surface area contributed by atoms with Gasteiger partial charge in [-0.25, -0.2) is 0 Å². The van der Waals surface area contributed by atoms with Gasteiger partial charge in [0.05, 0.1) is 0 Å². The number of benzene rings is 5. The maximum Gasteiger partial charge on any atom is 0.308 e. The average molecular weight is 557 g/mol. The lowest BCUT2D eigenvalue weighted by atomic mass is 10.0. The Bertz CT molecular complexity index is 1680. The summed E-state index contributed by atoms with van der Waals surface area (Å²) in [6.45, 7) is 1.69. The molecule has 0 saturated heterocycles. The number of amides is 2. The van der Waals surface area contributed by atoms with Crippen LogP contribution in [0, 0.1) is 0 Å². The van der Waals surface area contributed by atoms with Gasteiger partial charge in [0.25, 0.3) is 11.8 Å². The van der Waals surface area contributed by atoms with E-state index in [9.17, 15) is 14.4 Å². The van der Waals surface area contributed by atoms with Crippen LogP contribution in [0.4, 0.5) is 0 Å². The topological polar surface area (TPSA) is 93.7 Å². The summed E-state index contributed by atoms with van der Waals surface area (Å²) in [5.41, 5.74) is 10.5. The van der Waals surface area contributed by atoms with Crippen LogP contribution in [0.5, 0.6) is 11.5 Å². The van der Waals surface area contributed by atoms with Crippen molar-refractivity contribution < 1.29 is 23.9 Å². The van der Waals surface area contributed by atoms with Crippen LogP contribution >= 0.6 is 0 Å². The van der Waals surface area contributed by atoms with Crippen LogP contribution < -0.4 is 20.3 Å². The minimum atomic E-state index is -0.442. The standard InChI is InChI=1S/C35H28N2O5/c1-24(38)42-31-21-19-27(20-22-31)26-15-17-30(18-16-26)35(40)37-36-34(39)29-13-11-25(12-14-29)23-41-33-10-6-5-9-32(33)28-7-3-2-4-8-28/h2-22H,23H2,1H3,(H,36,39)(H,37,40). The molecule has 42 heavy (non-hydrogen) atoms. The zero-order valence-electron chi connectivity index (χ0n) is 22.9. The summed E-state index contributed by atoms with van der Waals surface area (Å²) in [6.07, 6.45) is 0. The quantitative estimate of drug-likeness (QED) is 0.128. The molecule has 0 fully saturated rings. The van der Waals surface area contributed by atoms with E-state index in [-0.39, 0.29) is 5.97 Å². The number of para-hydroxylation sites is 1. The van der Waals surface area contributed by atoms with Crippen molar-refractivity contribution in [3.05, 3.63) is 144 Å². The van der Waals surface area contributed by atoms with Crippen LogP contribution in [0.1, 0.15) is 33.2 Å². The van der Waals surface area contributed by atoms with Crippen LogP contribution in [-0.2, 0) is 11.4 Å². The number of carbonyl (C=O) groups excluding carboxylic acids is 3. The van der Waals surface area contributed by atoms with Crippen molar-refractivity contribution in [2.24, 2.45) is 0 Å². The second kappa shape index (κ2) is 13.1. The molecule has 7 nitrogen and oxygen atoms in total. The molecule has 5 aromatic rings. The maximum absolute atomic E-state index is 12.6. The van der Waals surface area contributed by atoms with Gasteiger partial charge < -0.3 is 9.47 Å². The SMILES string of the molecule is CC(=O)Oc1ccc(-c2ccc(C(=O)NNC(=O)c3ccc(COc4ccccc4-c4ccccc4)cc3)cc2)cc1. The van der Waals surface area contributed by atoms with E-state index in [1.165, 1.54) is 6.92 Å². The molecule has 0 saturated carbocycles. The molecule has 2 amide bonds. The molecule has 0 radical (unpaired) electrons. The zero-order valence-corrected chi connectivity index (χ0v) is 22.9. The summed E-state index contributed by atoms with van der Waals surface area (Å²) >= 11 is 0. The van der Waals surface area contributed by atoms with E-state index < -0.39 is 11.8 Å². The Morgan fingerprint density at radius 1 is 0.571 bits per heavy atom. The largest absolute Gasteiger partial charge is 0.488 e. The minimum Gasteiger partial charge on any atom is -0.488 e. The molecular formula is C35H28N2O5. The number of ether oxygens (including phenoxy) is 2. The Morgan fingerprint density at radius 2 is 1.10 bits per heavy atom. The van der Waals surface area contributed by atoms with Crippen molar-refractivity contribution in [3.63, 3.8) is 0 Å². The van der Waals surface area contributed by atoms with Gasteiger partial charge in [-0.3, -0.25) is 25.2 Å². The summed E-state index contributed by atoms with van der Waals surface area (Å²) in [5.74, 6) is -0.0191. The highest BCUT2D eigenvalue weighted by atomic mass is 16.5. The number of carbonyl (C=O) groups is 3. The highest BCUT2D eigenvalue weighted by Crippen LogP contribution is 2.30. The van der Waals surface area contributed by atoms with Crippen LogP contribution in [0.15, 0.2) is 127 Å². The van der Waals surface area contributed by atoms with E-state index in [4.69, 9.17) is 9.47 Å². The Balaban J connectivity index is 1.13. The predicted molar refractivity (Wildman–Crippen MR) is 161 cm³/mol. The molecule has 7 heteroatoms. The fraction of sp³-hybridized carbons (Fsp3) is 0.0571. The summed E-state index contributed by atoms with van der Waals surface area (Å²) < 4.78 is 11.1. The lowest BCUT2D eigenvalue weighted by Crippen LogP contribution is -2.41. The normalized spacial score (nSPS) is 10.4. The molecule has 0 spiro atoms. The van der Waals surface area contributed by atoms with Gasteiger partial charge in [0.1, 0.15) is 18.1 Å². The smallest absolute Gasteiger partial charge is 0.308 e. The Labute approximate surface area is 243 Å². The number of hydrogen-bond donors (Lipinski definition) is 2. The summed E-state index contributed by atoms with van der Waals surface area (Å²) in [6, 6.07) is 38.9. The third-order valence-electron chi connectivity index (χ3n) is 6.47. The second-order valence-corrected chi connectivity index (χ2v) is 9.45. The van der Waals surface area contributed by atoms with Gasteiger partial charge in [0, 0.05) is 23.6 Å². The van der Waals surface area contributed by atoms with Gasteiger partial charge in [-0.05, 0) is 64.7 Å². The Hall–Kier alpha value is -5.69. The molecule has 0 atom stereocenters. The lowest BCUT2D eigenvalue weighted by Gasteiger charge is -2.12. The molecule has 5 rings (SSSR count). The van der Waals surface area contributed by atoms with E-state index in [1.807, 2.05) is 78.9 Å². The molecular weight excluding hydrogens is 528 g/mol. The first-order valence-electron chi connectivity index (χ1n) is 13.3. The van der Waals surface area contributed by atoms with Crippen molar-refractivity contribution in [1.82, 2.24) is 10.9 Å². The van der Waals surface area contributed by atoms with Crippen molar-refractivity contribution >= 4 is 17.8 Å². The van der Waals surface area contributed by atoms with E-state index in [0.717, 1.165) is 33.6 Å². The summed E-state index contributed by atoms with van der Waals surface area (Å²) in [7, 11) is 0. The zero-order chi connectivity index (χ0) is 29.3. The Morgan fingerprint density at radius 3 is 1.69 bits per heavy atom. The third kappa shape index (κ3) is 7.08. The fourth-order valence-corrected chi connectivity index (χ4v) is 4.32. The molecule has 0 aliphatic heterocycles. The van der Waals surface area contributed by atoms with Gasteiger partial charge in [-0.2, -0.15) is 0 Å². The molecule has 208 valence electrons. The molecule has 2 N–H and O–H groups in total. The van der Waals surface area contributed by atoms with Gasteiger partial charge in [0.15, 0.2) is 0 Å². The third-order valence-corrected chi connectivity index (χ3v) is 6.47. The molecule has 5 aromatic carbocycles. The van der Waals surface area contributed by atoms with Crippen LogP contribution in [0.3, 0.4) is 0 Å². The van der Waals surface area contributed by atoms with Gasteiger partial charge in [0.2, 0.25) is 0 Å². The monoisotopic (exact) mass is 556 g/mol. The molecule has 0 aliphatic carbocycles. The highest BCUT2D eigenvalue weighted by molar-refractivity contribution is 5.99. The van der Waals surface area contributed by atoms with Gasteiger partial charge in [-0.1, -0.05) is 84.9 Å². The minimum absolute atomic E-state index is 0.342. The van der Waals surface area contributed by atoms with Crippen molar-refractivity contribution in [2.45, 2.75) is 13.5 Å². The number of esters is 1. The van der Waals surface area contributed by atoms with Crippen molar-refractivity contribution in [1.29, 1.82) is 0 Å². The Kier molecular flexibility index (Phi) is 8.70. The van der Waals surface area contributed by atoms with Crippen molar-refractivity contribution in [2.75, 3.05) is 0 Å². The summed E-state index contributed by atoms with van der Waals surface area (Å²) in [4.78, 5) is 36.3. The van der Waals surface area contributed by atoms with E-state index >= 15 is 0 Å². The number of rotatable bonds is 8. The lowest BCUT2D eigenvalue weighted by molar-refractivity contribution is -0.131. The van der Waals surface area contributed by atoms with Crippen LogP contribution in [0.2, 0.25) is 0 Å². The molecule has 0 heterocycles. The van der Waals surface area contributed by atoms with Gasteiger partial charge in [-0.15, -0.1) is 0 Å². The highest BCUT2D eigenvalue weighted by Gasteiger charge is 2.11. The molecule has 0 bridgehead atoms. The number of nitrogens with one attached hydrogen (secondary N) is 2. The first-order valence-corrected chi connectivity index (χ1v) is 13.3. The molecule has 0 aromatic heterocycles. The van der Waals surface area contributed by atoms with Crippen molar-refractivity contribution in [3.8, 4) is 33.8 Å². The molecule has 0 aliphatic rings. The number of hydrazine groups is 1. The van der Waals surface area contributed by atoms with E-state index in [2.05, 4.69) is 10.9 Å². The molecule has 0 unspecified atom stereocenters. The predicted octanol–water partition coefficient (Wildman–Crippen LogP) is 6.60. The first kappa shape index (κ1) is 27.9. The van der Waals surface area contributed by atoms with E-state index in [1.54, 1.807) is 48.5 Å². The van der Waals surface area contributed by atoms with Crippen LogP contribution in [-0.4, -0.2) is 17.8 Å². The summed E-state index contributed by atoms with van der Waals surface area (Å²) in [5, 5.41) is 0. The average Bonchev–Trinajstić information content (AvgIpc) is 3.03. The van der Waals surface area contributed by atoms with E-state index in [0.29, 0.717) is 23.5 Å². The van der Waals surface area contributed by atoms with Crippen LogP contribution in [0.25, 0.3) is 22.3 Å².